The van der Waals surface area contributed by atoms with E-state index in [4.69, 9.17) is 23.7 Å². The van der Waals surface area contributed by atoms with Crippen LogP contribution in [0.5, 0.6) is 11.5 Å². The van der Waals surface area contributed by atoms with Crippen LogP contribution >= 0.6 is 0 Å². The van der Waals surface area contributed by atoms with Gasteiger partial charge in [0, 0.05) is 57.2 Å². The molecule has 0 radical (unpaired) electrons. The number of esters is 1. The van der Waals surface area contributed by atoms with Crippen molar-refractivity contribution in [1.29, 1.82) is 0 Å². The van der Waals surface area contributed by atoms with Crippen molar-refractivity contribution in [2.24, 2.45) is 11.8 Å². The monoisotopic (exact) mass is 789 g/mol. The van der Waals surface area contributed by atoms with Crippen molar-refractivity contribution >= 4 is 35.1 Å². The van der Waals surface area contributed by atoms with E-state index in [1.807, 2.05) is 37.8 Å². The maximum absolute atomic E-state index is 13.9. The summed E-state index contributed by atoms with van der Waals surface area (Å²) in [5, 5.41) is 0. The van der Waals surface area contributed by atoms with Crippen LogP contribution in [0.15, 0.2) is 30.3 Å². The average Bonchev–Trinajstić information content (AvgIpc) is 3.19. The van der Waals surface area contributed by atoms with Gasteiger partial charge < -0.3 is 38.4 Å². The van der Waals surface area contributed by atoms with Gasteiger partial charge in [0.1, 0.15) is 11.5 Å². The molecule has 12 nitrogen and oxygen atoms in total. The van der Waals surface area contributed by atoms with E-state index in [9.17, 15) is 19.2 Å². The molecule has 12 heteroatoms. The van der Waals surface area contributed by atoms with Gasteiger partial charge in [-0.15, -0.1) is 0 Å². The zero-order valence-corrected chi connectivity index (χ0v) is 35.3. The Hall–Kier alpha value is -4.16. The summed E-state index contributed by atoms with van der Waals surface area (Å²) in [4.78, 5) is 57.7. The van der Waals surface area contributed by atoms with Gasteiger partial charge in [-0.25, -0.2) is 4.79 Å². The SMILES string of the molecule is COC(=O)c1ccc2c(c1)N(CC1CCOCC1)C(=O)C(C)(C)O2.Cc1cc2c(cc1C(=O)N(C(C)C)C1CCCCC1)N(CC1CCOCC1)C(=O)C(C)(C)O2. The molecule has 2 aromatic carbocycles. The van der Waals surface area contributed by atoms with E-state index in [0.717, 1.165) is 76.2 Å². The van der Waals surface area contributed by atoms with Crippen LogP contribution in [-0.4, -0.2) is 98.5 Å². The molecule has 5 aliphatic rings. The van der Waals surface area contributed by atoms with Crippen molar-refractivity contribution in [2.75, 3.05) is 56.4 Å². The van der Waals surface area contributed by atoms with E-state index in [2.05, 4.69) is 18.7 Å². The smallest absolute Gasteiger partial charge is 0.337 e. The molecule has 0 aromatic heterocycles. The van der Waals surface area contributed by atoms with Crippen LogP contribution in [0.25, 0.3) is 0 Å². The second kappa shape index (κ2) is 17.8. The molecule has 4 aliphatic heterocycles. The molecule has 2 saturated heterocycles. The van der Waals surface area contributed by atoms with Crippen molar-refractivity contribution in [3.63, 3.8) is 0 Å². The Labute approximate surface area is 338 Å². The minimum Gasteiger partial charge on any atom is -0.476 e. The van der Waals surface area contributed by atoms with Gasteiger partial charge in [-0.3, -0.25) is 14.4 Å². The molecule has 0 N–H and O–H groups in total. The Morgan fingerprint density at radius 2 is 1.26 bits per heavy atom. The van der Waals surface area contributed by atoms with Gasteiger partial charge in [0.2, 0.25) is 0 Å². The van der Waals surface area contributed by atoms with Gasteiger partial charge in [0.05, 0.1) is 24.0 Å². The number of aryl methyl sites for hydroxylation is 1. The molecule has 0 unspecified atom stereocenters. The molecule has 0 spiro atoms. The van der Waals surface area contributed by atoms with E-state index in [1.54, 1.807) is 36.9 Å². The fourth-order valence-electron chi connectivity index (χ4n) is 8.82. The lowest BCUT2D eigenvalue weighted by Crippen LogP contribution is -2.54. The molecule has 4 heterocycles. The molecule has 1 aliphatic carbocycles. The van der Waals surface area contributed by atoms with Crippen LogP contribution in [0.3, 0.4) is 0 Å². The lowest BCUT2D eigenvalue weighted by atomic mass is 9.92. The Morgan fingerprint density at radius 3 is 1.77 bits per heavy atom. The maximum Gasteiger partial charge on any atom is 0.337 e. The van der Waals surface area contributed by atoms with E-state index in [1.165, 1.54) is 26.4 Å². The Kier molecular flexibility index (Phi) is 13.2. The van der Waals surface area contributed by atoms with Crippen LogP contribution < -0.4 is 19.3 Å². The number of fused-ring (bicyclic) bond motifs is 2. The predicted molar refractivity (Wildman–Crippen MR) is 218 cm³/mol. The predicted octanol–water partition coefficient (Wildman–Crippen LogP) is 7.51. The van der Waals surface area contributed by atoms with Gasteiger partial charge in [-0.2, -0.15) is 0 Å². The number of anilines is 2. The number of methoxy groups -OCH3 is 1. The Morgan fingerprint density at radius 1 is 0.754 bits per heavy atom. The van der Waals surface area contributed by atoms with Gasteiger partial charge >= 0.3 is 5.97 Å². The fraction of sp³-hybridized carbons (Fsp3) is 0.644. The summed E-state index contributed by atoms with van der Waals surface area (Å²) >= 11 is 0. The van der Waals surface area contributed by atoms with E-state index < -0.39 is 17.2 Å². The van der Waals surface area contributed by atoms with Crippen molar-refractivity contribution in [2.45, 2.75) is 130 Å². The molecule has 7 rings (SSSR count). The third-order valence-corrected chi connectivity index (χ3v) is 12.1. The minimum absolute atomic E-state index is 0.0447. The molecule has 2 aromatic rings. The number of carbonyl (C=O) groups is 4. The number of nitrogens with zero attached hydrogens (tertiary/aromatic N) is 3. The van der Waals surface area contributed by atoms with E-state index >= 15 is 0 Å². The highest BCUT2D eigenvalue weighted by atomic mass is 16.5. The topological polar surface area (TPSA) is 124 Å². The van der Waals surface area contributed by atoms with Gasteiger partial charge in [0.15, 0.2) is 11.2 Å². The molecule has 1 saturated carbocycles. The zero-order chi connectivity index (χ0) is 41.1. The standard InChI is InChI=1S/C27H40N2O4.C18H23NO5/c1-18(2)29(21-9-7-6-8-10-21)25(30)22-16-23-24(15-19(22)3)33-27(4,5)26(31)28(23)17-20-11-13-32-14-12-20;1-18(2)17(21)19(11-12-6-8-23-9-7-12)14-10-13(16(20)22-3)4-5-15(14)24-18/h15-16,18,20-21H,6-14,17H2,1-5H3;4-5,10,12H,6-9,11H2,1-3H3. The molecular weight excluding hydrogens is 727 g/mol. The molecule has 0 atom stereocenters. The number of carbonyl (C=O) groups excluding carboxylic acids is 4. The highest BCUT2D eigenvalue weighted by Gasteiger charge is 2.44. The summed E-state index contributed by atoms with van der Waals surface area (Å²) < 4.78 is 27.7. The summed E-state index contributed by atoms with van der Waals surface area (Å²) in [7, 11) is 1.34. The zero-order valence-electron chi connectivity index (χ0n) is 35.3. The number of hydrogen-bond donors (Lipinski definition) is 0. The van der Waals surface area contributed by atoms with Gasteiger partial charge in [-0.05, 0) is 135 Å². The number of rotatable bonds is 8. The highest BCUT2D eigenvalue weighted by molar-refractivity contribution is 6.05. The lowest BCUT2D eigenvalue weighted by Gasteiger charge is -2.41. The summed E-state index contributed by atoms with van der Waals surface area (Å²) in [5.74, 6) is 1.57. The summed E-state index contributed by atoms with van der Waals surface area (Å²) in [6, 6.07) is 9.34. The van der Waals surface area contributed by atoms with Crippen molar-refractivity contribution in [3.05, 3.63) is 47.0 Å². The third-order valence-electron chi connectivity index (χ3n) is 12.1. The van der Waals surface area contributed by atoms with Gasteiger partial charge in [0.25, 0.3) is 17.7 Å². The Bertz CT molecular complexity index is 1790. The molecule has 312 valence electrons. The molecule has 3 amide bonds. The van der Waals surface area contributed by atoms with E-state index in [0.29, 0.717) is 53.2 Å². The van der Waals surface area contributed by atoms with Gasteiger partial charge in [-0.1, -0.05) is 19.3 Å². The summed E-state index contributed by atoms with van der Waals surface area (Å²) in [6.45, 7) is 17.5. The number of amides is 3. The fourth-order valence-corrected chi connectivity index (χ4v) is 8.82. The van der Waals surface area contributed by atoms with Crippen LogP contribution in [0.2, 0.25) is 0 Å². The first-order valence-electron chi connectivity index (χ1n) is 21.0. The van der Waals surface area contributed by atoms with Crippen LogP contribution in [0.4, 0.5) is 11.4 Å². The summed E-state index contributed by atoms with van der Waals surface area (Å²) in [5.41, 5.74) is 1.50. The molecule has 57 heavy (non-hydrogen) atoms. The minimum atomic E-state index is -0.928. The molecular formula is C45H63N3O9. The van der Waals surface area contributed by atoms with Crippen molar-refractivity contribution in [3.8, 4) is 11.5 Å². The highest BCUT2D eigenvalue weighted by Crippen LogP contribution is 2.42. The van der Waals surface area contributed by atoms with E-state index in [-0.39, 0.29) is 29.8 Å². The maximum atomic E-state index is 13.9. The first-order chi connectivity index (χ1) is 27.1. The number of benzene rings is 2. The largest absolute Gasteiger partial charge is 0.476 e. The van der Waals surface area contributed by atoms with Crippen molar-refractivity contribution < 1.29 is 42.9 Å². The first kappa shape index (κ1) is 42.4. The second-order valence-electron chi connectivity index (χ2n) is 17.6. The third kappa shape index (κ3) is 9.43. The van der Waals surface area contributed by atoms with Crippen LogP contribution in [0, 0.1) is 18.8 Å². The first-order valence-corrected chi connectivity index (χ1v) is 21.0. The second-order valence-corrected chi connectivity index (χ2v) is 17.6. The van der Waals surface area contributed by atoms with Crippen LogP contribution in [-0.2, 0) is 23.8 Å². The van der Waals surface area contributed by atoms with Crippen molar-refractivity contribution in [1.82, 2.24) is 4.90 Å². The Balaban J connectivity index is 0.000000203. The quantitative estimate of drug-likeness (QED) is 0.250. The molecule has 3 fully saturated rings. The molecule has 0 bridgehead atoms. The average molecular weight is 790 g/mol. The number of ether oxygens (including phenoxy) is 5. The van der Waals surface area contributed by atoms with Crippen LogP contribution in [0.1, 0.15) is 126 Å². The normalized spacial score (nSPS) is 21.1. The number of hydrogen-bond acceptors (Lipinski definition) is 9. The lowest BCUT2D eigenvalue weighted by molar-refractivity contribution is -0.133. The summed E-state index contributed by atoms with van der Waals surface area (Å²) in [6.07, 6.45) is 9.50.